The third-order valence-electron chi connectivity index (χ3n) is 2.63. The number of nitrogens with one attached hydrogen (secondary N) is 1. The average Bonchev–Trinajstić information content (AvgIpc) is 2.47. The first-order chi connectivity index (χ1) is 9.62. The number of benzene rings is 2. The van der Waals surface area contributed by atoms with Crippen LogP contribution in [0.25, 0.3) is 0 Å². The Morgan fingerprint density at radius 2 is 1.65 bits per heavy atom. The molecule has 0 unspecified atom stereocenters. The molecule has 0 spiro atoms. The standard InChI is InChI=1S/C14H12N2O3S/c17-11-15-13-6-8-14(9-7-13)20(18,19)16-10-12-4-2-1-3-5-12/h1-9,16H,10H2. The van der Waals surface area contributed by atoms with Gasteiger partial charge in [-0.1, -0.05) is 30.3 Å². The molecule has 0 aliphatic heterocycles. The Morgan fingerprint density at radius 1 is 1.00 bits per heavy atom. The summed E-state index contributed by atoms with van der Waals surface area (Å²) >= 11 is 0. The molecule has 0 radical (unpaired) electrons. The maximum absolute atomic E-state index is 12.1. The van der Waals surface area contributed by atoms with E-state index in [1.54, 1.807) is 0 Å². The van der Waals surface area contributed by atoms with Gasteiger partial charge in [0.15, 0.2) is 0 Å². The molecule has 2 aromatic rings. The highest BCUT2D eigenvalue weighted by Crippen LogP contribution is 2.16. The van der Waals surface area contributed by atoms with E-state index < -0.39 is 10.0 Å². The first-order valence-electron chi connectivity index (χ1n) is 5.83. The van der Waals surface area contributed by atoms with Gasteiger partial charge in [0.2, 0.25) is 16.1 Å². The Labute approximate surface area is 117 Å². The van der Waals surface area contributed by atoms with E-state index in [0.29, 0.717) is 5.69 Å². The number of hydrogen-bond acceptors (Lipinski definition) is 4. The first kappa shape index (κ1) is 14.1. The van der Waals surface area contributed by atoms with Gasteiger partial charge in [-0.15, -0.1) is 0 Å². The van der Waals surface area contributed by atoms with Gasteiger partial charge < -0.3 is 0 Å². The summed E-state index contributed by atoms with van der Waals surface area (Å²) in [6.07, 6.45) is 1.40. The summed E-state index contributed by atoms with van der Waals surface area (Å²) in [5.74, 6) is 0. The van der Waals surface area contributed by atoms with Crippen LogP contribution < -0.4 is 4.72 Å². The normalized spacial score (nSPS) is 10.8. The second kappa shape index (κ2) is 6.25. The molecule has 0 fully saturated rings. The van der Waals surface area contributed by atoms with Gasteiger partial charge in [-0.05, 0) is 29.8 Å². The maximum Gasteiger partial charge on any atom is 0.240 e. The van der Waals surface area contributed by atoms with Gasteiger partial charge in [0.1, 0.15) is 0 Å². The summed E-state index contributed by atoms with van der Waals surface area (Å²) in [6, 6.07) is 14.9. The van der Waals surface area contributed by atoms with Crippen molar-refractivity contribution < 1.29 is 13.2 Å². The Balaban J connectivity index is 2.12. The smallest absolute Gasteiger partial charge is 0.211 e. The molecule has 2 rings (SSSR count). The van der Waals surface area contributed by atoms with Crippen LogP contribution in [-0.4, -0.2) is 14.5 Å². The molecular weight excluding hydrogens is 276 g/mol. The lowest BCUT2D eigenvalue weighted by atomic mass is 10.2. The lowest BCUT2D eigenvalue weighted by Gasteiger charge is -2.06. The molecule has 0 aromatic heterocycles. The van der Waals surface area contributed by atoms with Gasteiger partial charge in [0.25, 0.3) is 0 Å². The summed E-state index contributed by atoms with van der Waals surface area (Å²) in [7, 11) is -3.58. The van der Waals surface area contributed by atoms with Crippen LogP contribution in [0.5, 0.6) is 0 Å². The van der Waals surface area contributed by atoms with Gasteiger partial charge >= 0.3 is 0 Å². The first-order valence-corrected chi connectivity index (χ1v) is 7.32. The Morgan fingerprint density at radius 3 is 2.25 bits per heavy atom. The van der Waals surface area contributed by atoms with Gasteiger partial charge in [-0.2, -0.15) is 4.99 Å². The van der Waals surface area contributed by atoms with Gasteiger partial charge in [-0.3, -0.25) is 0 Å². The molecule has 5 nitrogen and oxygen atoms in total. The molecule has 0 saturated carbocycles. The summed E-state index contributed by atoms with van der Waals surface area (Å²) < 4.78 is 26.6. The summed E-state index contributed by atoms with van der Waals surface area (Å²) in [5.41, 5.74) is 1.24. The number of hydrogen-bond donors (Lipinski definition) is 1. The number of sulfonamides is 1. The summed E-state index contributed by atoms with van der Waals surface area (Å²) in [5, 5.41) is 0. The predicted octanol–water partition coefficient (Wildman–Crippen LogP) is 2.13. The van der Waals surface area contributed by atoms with E-state index >= 15 is 0 Å². The van der Waals surface area contributed by atoms with E-state index in [2.05, 4.69) is 9.71 Å². The van der Waals surface area contributed by atoms with Gasteiger partial charge in [0.05, 0.1) is 10.6 Å². The summed E-state index contributed by atoms with van der Waals surface area (Å²) in [6.45, 7) is 0.220. The monoisotopic (exact) mass is 288 g/mol. The van der Waals surface area contributed by atoms with Crippen LogP contribution in [0.1, 0.15) is 5.56 Å². The van der Waals surface area contributed by atoms with E-state index in [-0.39, 0.29) is 11.4 Å². The minimum absolute atomic E-state index is 0.123. The fourth-order valence-electron chi connectivity index (χ4n) is 1.61. The molecule has 0 aliphatic carbocycles. The van der Waals surface area contributed by atoms with Gasteiger partial charge in [0, 0.05) is 6.54 Å². The zero-order valence-corrected chi connectivity index (χ0v) is 11.3. The number of nitrogens with zero attached hydrogens (tertiary/aromatic N) is 1. The van der Waals surface area contributed by atoms with Crippen molar-refractivity contribution in [3.63, 3.8) is 0 Å². The zero-order valence-electron chi connectivity index (χ0n) is 10.5. The Bertz CT molecular complexity index is 719. The molecular formula is C14H12N2O3S. The van der Waals surface area contributed by atoms with Crippen molar-refractivity contribution in [3.8, 4) is 0 Å². The molecule has 0 aliphatic rings. The fraction of sp³-hybridized carbons (Fsp3) is 0.0714. The third-order valence-corrected chi connectivity index (χ3v) is 4.05. The number of rotatable bonds is 5. The van der Waals surface area contributed by atoms with Crippen LogP contribution in [0.2, 0.25) is 0 Å². The van der Waals surface area contributed by atoms with Crippen molar-refractivity contribution in [2.45, 2.75) is 11.4 Å². The van der Waals surface area contributed by atoms with Crippen LogP contribution in [-0.2, 0) is 21.4 Å². The van der Waals surface area contributed by atoms with E-state index in [4.69, 9.17) is 0 Å². The fourth-order valence-corrected chi connectivity index (χ4v) is 2.63. The molecule has 0 heterocycles. The maximum atomic E-state index is 12.1. The lowest BCUT2D eigenvalue weighted by molar-refractivity contribution is 0.565. The van der Waals surface area contributed by atoms with E-state index in [1.807, 2.05) is 30.3 Å². The molecule has 6 heteroatoms. The molecule has 0 atom stereocenters. The Hall–Kier alpha value is -2.27. The predicted molar refractivity (Wildman–Crippen MR) is 74.7 cm³/mol. The second-order valence-electron chi connectivity index (χ2n) is 4.01. The largest absolute Gasteiger partial charge is 0.240 e. The van der Waals surface area contributed by atoms with Crippen LogP contribution in [0.4, 0.5) is 5.69 Å². The number of aliphatic imine (C=N–C) groups is 1. The van der Waals surface area contributed by atoms with Crippen LogP contribution in [0.15, 0.2) is 64.5 Å². The van der Waals surface area contributed by atoms with Crippen molar-refractivity contribution >= 4 is 21.8 Å². The van der Waals surface area contributed by atoms with Crippen molar-refractivity contribution in [2.75, 3.05) is 0 Å². The average molecular weight is 288 g/mol. The van der Waals surface area contributed by atoms with Crippen LogP contribution >= 0.6 is 0 Å². The number of carbonyl (C=O) groups excluding carboxylic acids is 1. The topological polar surface area (TPSA) is 75.6 Å². The van der Waals surface area contributed by atoms with Crippen molar-refractivity contribution in [3.05, 3.63) is 60.2 Å². The molecule has 0 amide bonds. The highest BCUT2D eigenvalue weighted by molar-refractivity contribution is 7.89. The Kier molecular flexibility index (Phi) is 4.42. The second-order valence-corrected chi connectivity index (χ2v) is 5.77. The molecule has 0 bridgehead atoms. The minimum Gasteiger partial charge on any atom is -0.211 e. The van der Waals surface area contributed by atoms with Crippen LogP contribution in [0, 0.1) is 0 Å². The van der Waals surface area contributed by atoms with Crippen molar-refractivity contribution in [1.29, 1.82) is 0 Å². The number of isocyanates is 1. The highest BCUT2D eigenvalue weighted by Gasteiger charge is 2.13. The molecule has 2 aromatic carbocycles. The quantitative estimate of drug-likeness (QED) is 0.676. The van der Waals surface area contributed by atoms with Crippen LogP contribution in [0.3, 0.4) is 0 Å². The van der Waals surface area contributed by atoms with Crippen molar-refractivity contribution in [2.24, 2.45) is 4.99 Å². The minimum atomic E-state index is -3.58. The van der Waals surface area contributed by atoms with E-state index in [9.17, 15) is 13.2 Å². The zero-order chi connectivity index (χ0) is 14.4. The SMILES string of the molecule is O=C=Nc1ccc(S(=O)(=O)NCc2ccccc2)cc1. The molecule has 0 saturated heterocycles. The highest BCUT2D eigenvalue weighted by atomic mass is 32.2. The lowest BCUT2D eigenvalue weighted by Crippen LogP contribution is -2.23. The van der Waals surface area contributed by atoms with E-state index in [0.717, 1.165) is 5.56 Å². The molecule has 1 N–H and O–H groups in total. The van der Waals surface area contributed by atoms with E-state index in [1.165, 1.54) is 30.3 Å². The summed E-state index contributed by atoms with van der Waals surface area (Å²) in [4.78, 5) is 13.6. The molecule has 20 heavy (non-hydrogen) atoms. The third kappa shape index (κ3) is 3.61. The van der Waals surface area contributed by atoms with Gasteiger partial charge in [-0.25, -0.2) is 17.9 Å². The van der Waals surface area contributed by atoms with Crippen molar-refractivity contribution in [1.82, 2.24) is 4.72 Å². The molecule has 102 valence electrons.